The minimum absolute atomic E-state index is 0.210. The Morgan fingerprint density at radius 3 is 2.64 bits per heavy atom. The predicted octanol–water partition coefficient (Wildman–Crippen LogP) is 2.40. The van der Waals surface area contributed by atoms with Gasteiger partial charge in [-0.05, 0) is 19.3 Å². The predicted molar refractivity (Wildman–Crippen MR) is 82.9 cm³/mol. The molecular weight excluding hydrogens is 282 g/mol. The van der Waals surface area contributed by atoms with E-state index in [-0.39, 0.29) is 12.5 Å². The van der Waals surface area contributed by atoms with E-state index in [1.165, 1.54) is 24.2 Å². The van der Waals surface area contributed by atoms with Crippen molar-refractivity contribution in [1.82, 2.24) is 14.7 Å². The fraction of sp³-hybridized carbons (Fsp3) is 0.688. The first kappa shape index (κ1) is 16.5. The minimum atomic E-state index is -0.982. The highest BCUT2D eigenvalue weighted by Crippen LogP contribution is 2.33. The van der Waals surface area contributed by atoms with Gasteiger partial charge in [-0.2, -0.15) is 5.10 Å². The summed E-state index contributed by atoms with van der Waals surface area (Å²) in [5, 5.41) is 13.5. The summed E-state index contributed by atoms with van der Waals surface area (Å²) in [6.07, 6.45) is 8.17. The summed E-state index contributed by atoms with van der Waals surface area (Å²) in [5.41, 5.74) is 1.42. The molecule has 1 aliphatic carbocycles. The molecule has 6 nitrogen and oxygen atoms in total. The molecule has 122 valence electrons. The molecule has 1 fully saturated rings. The van der Waals surface area contributed by atoms with Gasteiger partial charge < -0.3 is 10.0 Å². The molecule has 0 atom stereocenters. The largest absolute Gasteiger partial charge is 0.480 e. The number of nitrogens with zero attached hydrogens (tertiary/aromatic N) is 3. The lowest BCUT2D eigenvalue weighted by atomic mass is 9.85. The van der Waals surface area contributed by atoms with Crippen LogP contribution in [0.4, 0.5) is 0 Å². The van der Waals surface area contributed by atoms with Gasteiger partial charge in [0.2, 0.25) is 0 Å². The number of carbonyl (C=O) groups excluding carboxylic acids is 1. The lowest BCUT2D eigenvalue weighted by Gasteiger charge is -2.23. The zero-order valence-electron chi connectivity index (χ0n) is 13.4. The van der Waals surface area contributed by atoms with Gasteiger partial charge in [-0.25, -0.2) is 0 Å². The van der Waals surface area contributed by atoms with Gasteiger partial charge in [-0.15, -0.1) is 0 Å². The molecule has 1 aliphatic rings. The molecule has 0 aromatic carbocycles. The average Bonchev–Trinajstić information content (AvgIpc) is 2.88. The quantitative estimate of drug-likeness (QED) is 0.875. The summed E-state index contributed by atoms with van der Waals surface area (Å²) in [6.45, 7) is 2.13. The van der Waals surface area contributed by atoms with Gasteiger partial charge in [-0.1, -0.05) is 26.2 Å². The van der Waals surface area contributed by atoms with Gasteiger partial charge >= 0.3 is 5.97 Å². The van der Waals surface area contributed by atoms with Crippen molar-refractivity contribution < 1.29 is 14.7 Å². The van der Waals surface area contributed by atoms with Gasteiger partial charge in [0.25, 0.3) is 5.91 Å². The number of carbonyl (C=O) groups is 2. The second-order valence-electron chi connectivity index (χ2n) is 6.06. The van der Waals surface area contributed by atoms with E-state index in [0.717, 1.165) is 25.0 Å². The van der Waals surface area contributed by atoms with Crippen molar-refractivity contribution in [3.8, 4) is 0 Å². The van der Waals surface area contributed by atoms with Gasteiger partial charge in [0.05, 0.1) is 11.3 Å². The Morgan fingerprint density at radius 1 is 1.36 bits per heavy atom. The highest BCUT2D eigenvalue weighted by molar-refractivity contribution is 5.96. The fourth-order valence-electron chi connectivity index (χ4n) is 3.20. The number of rotatable bonds is 6. The van der Waals surface area contributed by atoms with Crippen LogP contribution in [0.5, 0.6) is 0 Å². The maximum absolute atomic E-state index is 12.8. The maximum Gasteiger partial charge on any atom is 0.323 e. The number of aromatic nitrogens is 2. The molecule has 0 spiro atoms. The van der Waals surface area contributed by atoms with Crippen molar-refractivity contribution in [2.45, 2.75) is 51.4 Å². The third-order valence-corrected chi connectivity index (χ3v) is 4.19. The molecule has 0 aliphatic heterocycles. The molecule has 0 radical (unpaired) electrons. The Kier molecular flexibility index (Phi) is 5.57. The van der Waals surface area contributed by atoms with Crippen LogP contribution in [0.2, 0.25) is 0 Å². The second kappa shape index (κ2) is 7.42. The van der Waals surface area contributed by atoms with Crippen LogP contribution in [-0.2, 0) is 11.8 Å². The summed E-state index contributed by atoms with van der Waals surface area (Å²) in [5.74, 6) is -0.870. The monoisotopic (exact) mass is 307 g/mol. The molecule has 0 bridgehead atoms. The van der Waals surface area contributed by atoms with Crippen LogP contribution >= 0.6 is 0 Å². The molecule has 22 heavy (non-hydrogen) atoms. The van der Waals surface area contributed by atoms with Crippen molar-refractivity contribution in [3.63, 3.8) is 0 Å². The van der Waals surface area contributed by atoms with Crippen molar-refractivity contribution in [3.05, 3.63) is 17.5 Å². The molecule has 1 saturated carbocycles. The van der Waals surface area contributed by atoms with Gasteiger partial charge in [0.1, 0.15) is 6.54 Å². The van der Waals surface area contributed by atoms with Gasteiger partial charge in [0.15, 0.2) is 0 Å². The molecule has 0 unspecified atom stereocenters. The fourth-order valence-corrected chi connectivity index (χ4v) is 3.20. The Hall–Kier alpha value is -1.85. The lowest BCUT2D eigenvalue weighted by Crippen LogP contribution is -2.36. The maximum atomic E-state index is 12.8. The van der Waals surface area contributed by atoms with Crippen LogP contribution in [0.25, 0.3) is 0 Å². The normalized spacial score (nSPS) is 15.7. The summed E-state index contributed by atoms with van der Waals surface area (Å²) in [7, 11) is 1.81. The van der Waals surface area contributed by atoms with E-state index < -0.39 is 5.97 Å². The average molecular weight is 307 g/mol. The zero-order valence-corrected chi connectivity index (χ0v) is 13.4. The van der Waals surface area contributed by atoms with Crippen LogP contribution in [0, 0.1) is 0 Å². The number of hydrogen-bond acceptors (Lipinski definition) is 3. The molecule has 2 rings (SSSR count). The first-order chi connectivity index (χ1) is 10.5. The van der Waals surface area contributed by atoms with E-state index in [1.54, 1.807) is 10.9 Å². The molecule has 1 amide bonds. The van der Waals surface area contributed by atoms with E-state index in [9.17, 15) is 9.59 Å². The topological polar surface area (TPSA) is 75.4 Å². The van der Waals surface area contributed by atoms with Crippen molar-refractivity contribution in [2.24, 2.45) is 7.05 Å². The van der Waals surface area contributed by atoms with E-state index >= 15 is 0 Å². The number of aliphatic carboxylic acids is 1. The molecule has 1 aromatic heterocycles. The number of carboxylic acid groups (broad SMARTS) is 1. The van der Waals surface area contributed by atoms with Crippen LogP contribution < -0.4 is 0 Å². The number of carboxylic acids is 1. The van der Waals surface area contributed by atoms with E-state index in [0.29, 0.717) is 18.0 Å². The summed E-state index contributed by atoms with van der Waals surface area (Å²) >= 11 is 0. The number of amides is 1. The standard InChI is InChI=1S/C16H25N3O3/c1-3-9-19(11-14(20)21)16(22)13-10-18(2)17-15(13)12-7-5-4-6-8-12/h10,12H,3-9,11H2,1-2H3,(H,20,21). The highest BCUT2D eigenvalue weighted by atomic mass is 16.4. The lowest BCUT2D eigenvalue weighted by molar-refractivity contribution is -0.137. The smallest absolute Gasteiger partial charge is 0.323 e. The molecule has 1 heterocycles. The SMILES string of the molecule is CCCN(CC(=O)O)C(=O)c1cn(C)nc1C1CCCCC1. The van der Waals surface area contributed by atoms with Crippen molar-refractivity contribution >= 4 is 11.9 Å². The molecular formula is C16H25N3O3. The number of aryl methyl sites for hydroxylation is 1. The van der Waals surface area contributed by atoms with Crippen molar-refractivity contribution in [1.29, 1.82) is 0 Å². The van der Waals surface area contributed by atoms with Crippen LogP contribution in [0.15, 0.2) is 6.20 Å². The second-order valence-corrected chi connectivity index (χ2v) is 6.06. The zero-order chi connectivity index (χ0) is 16.1. The van der Waals surface area contributed by atoms with Crippen molar-refractivity contribution in [2.75, 3.05) is 13.1 Å². The van der Waals surface area contributed by atoms with Gasteiger partial charge in [-0.3, -0.25) is 14.3 Å². The minimum Gasteiger partial charge on any atom is -0.480 e. The first-order valence-corrected chi connectivity index (χ1v) is 8.07. The molecule has 1 N–H and O–H groups in total. The molecule has 6 heteroatoms. The number of hydrogen-bond donors (Lipinski definition) is 1. The highest BCUT2D eigenvalue weighted by Gasteiger charge is 2.28. The third-order valence-electron chi connectivity index (χ3n) is 4.19. The van der Waals surface area contributed by atoms with Crippen LogP contribution in [0.1, 0.15) is 67.4 Å². The van der Waals surface area contributed by atoms with Crippen LogP contribution in [0.3, 0.4) is 0 Å². The molecule has 0 saturated heterocycles. The van der Waals surface area contributed by atoms with E-state index in [4.69, 9.17) is 5.11 Å². The summed E-state index contributed by atoms with van der Waals surface area (Å²) in [4.78, 5) is 25.2. The summed E-state index contributed by atoms with van der Waals surface area (Å²) in [6, 6.07) is 0. The molecule has 1 aromatic rings. The van der Waals surface area contributed by atoms with E-state index in [2.05, 4.69) is 5.10 Å². The van der Waals surface area contributed by atoms with Crippen LogP contribution in [-0.4, -0.2) is 44.8 Å². The Balaban J connectivity index is 2.25. The van der Waals surface area contributed by atoms with E-state index in [1.807, 2.05) is 14.0 Å². The first-order valence-electron chi connectivity index (χ1n) is 8.07. The third kappa shape index (κ3) is 3.87. The Morgan fingerprint density at radius 2 is 2.05 bits per heavy atom. The Bertz CT molecular complexity index is 533. The summed E-state index contributed by atoms with van der Waals surface area (Å²) < 4.78 is 1.67. The van der Waals surface area contributed by atoms with Gasteiger partial charge in [0, 0.05) is 25.7 Å². The Labute approximate surface area is 131 Å².